The molecule has 3 rings (SSSR count). The number of carbonyl (C=O) groups is 1. The van der Waals surface area contributed by atoms with Gasteiger partial charge in [0.25, 0.3) is 5.56 Å². The molecule has 0 spiro atoms. The van der Waals surface area contributed by atoms with Crippen LogP contribution >= 0.6 is 0 Å². The van der Waals surface area contributed by atoms with Crippen LogP contribution < -0.4 is 11.3 Å². The Morgan fingerprint density at radius 3 is 2.70 bits per heavy atom. The second-order valence-electron chi connectivity index (χ2n) is 5.04. The van der Waals surface area contributed by atoms with Crippen LogP contribution in [-0.4, -0.2) is 26.6 Å². The van der Waals surface area contributed by atoms with Crippen molar-refractivity contribution in [3.63, 3.8) is 0 Å². The van der Waals surface area contributed by atoms with E-state index in [1.807, 2.05) is 0 Å². The van der Waals surface area contributed by atoms with Gasteiger partial charge in [0.15, 0.2) is 17.3 Å². The van der Waals surface area contributed by atoms with Crippen molar-refractivity contribution in [1.82, 2.24) is 9.36 Å². The van der Waals surface area contributed by atoms with E-state index >= 15 is 0 Å². The monoisotopic (exact) mass is 273 g/mol. The van der Waals surface area contributed by atoms with Gasteiger partial charge in [-0.25, -0.2) is 9.67 Å². The van der Waals surface area contributed by atoms with Crippen LogP contribution in [0.3, 0.4) is 0 Å². The lowest BCUT2D eigenvalue weighted by Crippen LogP contribution is -2.23. The lowest BCUT2D eigenvalue weighted by molar-refractivity contribution is -0.114. The topological polar surface area (TPSA) is 106 Å². The summed E-state index contributed by atoms with van der Waals surface area (Å²) < 4.78 is 3.29. The molecule has 0 radical (unpaired) electrons. The fraction of sp³-hybridized carbons (Fsp3) is 0.385. The molecule has 0 saturated heterocycles. The number of carbonyl (C=O) groups excluding carboxylic acids is 1. The molecule has 20 heavy (non-hydrogen) atoms. The zero-order chi connectivity index (χ0) is 14.4. The van der Waals surface area contributed by atoms with Gasteiger partial charge in [0.1, 0.15) is 0 Å². The Bertz CT molecular complexity index is 748. The third-order valence-corrected chi connectivity index (χ3v) is 3.66. The average Bonchev–Trinajstić information content (AvgIpc) is 2.95. The van der Waals surface area contributed by atoms with Crippen molar-refractivity contribution in [2.75, 3.05) is 5.73 Å². The summed E-state index contributed by atoms with van der Waals surface area (Å²) in [7, 11) is 0. The van der Waals surface area contributed by atoms with Gasteiger partial charge in [0.2, 0.25) is 0 Å². The van der Waals surface area contributed by atoms with Gasteiger partial charge in [-0.3, -0.25) is 14.3 Å². The van der Waals surface area contributed by atoms with E-state index in [4.69, 9.17) is 11.1 Å². The lowest BCUT2D eigenvalue weighted by Gasteiger charge is -2.11. The van der Waals surface area contributed by atoms with E-state index < -0.39 is 0 Å². The van der Waals surface area contributed by atoms with Crippen LogP contribution in [0.1, 0.15) is 19.8 Å². The summed E-state index contributed by atoms with van der Waals surface area (Å²) in [5.41, 5.74) is 6.90. The highest BCUT2D eigenvalue weighted by Crippen LogP contribution is 2.23. The molecule has 0 atom stereocenters. The number of hydrogen-bond donors (Lipinski definition) is 2. The van der Waals surface area contributed by atoms with Crippen molar-refractivity contribution in [2.45, 2.75) is 32.9 Å². The van der Waals surface area contributed by atoms with Crippen molar-refractivity contribution >= 4 is 28.7 Å². The molecule has 2 heterocycles. The predicted molar refractivity (Wildman–Crippen MR) is 75.9 cm³/mol. The molecule has 2 aliphatic rings. The van der Waals surface area contributed by atoms with Gasteiger partial charge in [-0.15, -0.1) is 0 Å². The normalized spacial score (nSPS) is 20.4. The second-order valence-corrected chi connectivity index (χ2v) is 5.04. The zero-order valence-electron chi connectivity index (χ0n) is 11.1. The first kappa shape index (κ1) is 12.6. The number of nitrogens with zero attached hydrogens (tertiary/aromatic N) is 3. The molecular weight excluding hydrogens is 258 g/mol. The van der Waals surface area contributed by atoms with Crippen LogP contribution in [0.4, 0.5) is 11.5 Å². The summed E-state index contributed by atoms with van der Waals surface area (Å²) in [4.78, 5) is 27.9. The molecule has 1 aromatic heterocycles. The number of nitrogens with one attached hydrogen (secondary N) is 1. The summed E-state index contributed by atoms with van der Waals surface area (Å²) in [5, 5.41) is 7.82. The number of anilines is 1. The van der Waals surface area contributed by atoms with E-state index in [-0.39, 0.29) is 29.2 Å². The maximum Gasteiger partial charge on any atom is 0.294 e. The van der Waals surface area contributed by atoms with Crippen molar-refractivity contribution in [3.8, 4) is 0 Å². The Morgan fingerprint density at radius 2 is 2.00 bits per heavy atom. The van der Waals surface area contributed by atoms with Crippen LogP contribution in [0.15, 0.2) is 21.4 Å². The van der Waals surface area contributed by atoms with Crippen molar-refractivity contribution < 1.29 is 4.79 Å². The fourth-order valence-electron chi connectivity index (χ4n) is 2.52. The first-order valence-corrected chi connectivity index (χ1v) is 6.46. The molecule has 1 aliphatic carbocycles. The Hall–Kier alpha value is -2.44. The predicted octanol–water partition coefficient (Wildman–Crippen LogP) is 0.647. The van der Waals surface area contributed by atoms with Crippen molar-refractivity contribution in [1.29, 1.82) is 5.41 Å². The van der Waals surface area contributed by atoms with E-state index in [1.54, 1.807) is 22.4 Å². The molecule has 1 aromatic rings. The zero-order valence-corrected chi connectivity index (χ0v) is 11.1. The molecule has 1 aliphatic heterocycles. The van der Waals surface area contributed by atoms with Crippen molar-refractivity contribution in [2.24, 2.45) is 4.99 Å². The van der Waals surface area contributed by atoms with Crippen LogP contribution in [0.25, 0.3) is 0 Å². The number of rotatable bonds is 1. The largest absolute Gasteiger partial charge is 0.382 e. The first-order valence-electron chi connectivity index (χ1n) is 6.46. The van der Waals surface area contributed by atoms with Gasteiger partial charge in [0.05, 0.1) is 17.8 Å². The number of aliphatic imine (C=N–C) groups is 1. The van der Waals surface area contributed by atoms with Gasteiger partial charge in [-0.05, 0) is 25.0 Å². The van der Waals surface area contributed by atoms with E-state index in [9.17, 15) is 9.59 Å². The van der Waals surface area contributed by atoms with Crippen LogP contribution in [0.5, 0.6) is 0 Å². The minimum Gasteiger partial charge on any atom is -0.382 e. The van der Waals surface area contributed by atoms with Crippen LogP contribution in [0, 0.1) is 5.41 Å². The molecule has 0 bridgehead atoms. The molecule has 0 saturated carbocycles. The molecule has 0 fully saturated rings. The fourth-order valence-corrected chi connectivity index (χ4v) is 2.52. The van der Waals surface area contributed by atoms with Crippen molar-refractivity contribution in [3.05, 3.63) is 22.0 Å². The van der Waals surface area contributed by atoms with Gasteiger partial charge in [-0.1, -0.05) is 0 Å². The van der Waals surface area contributed by atoms with Gasteiger partial charge in [-0.2, -0.15) is 0 Å². The highest BCUT2D eigenvalue weighted by molar-refractivity contribution is 6.51. The maximum atomic E-state index is 12.2. The SMILES string of the molecule is CC1=CC(=Nc2c(N)n3n(c2=O)CCC3)C(=N)CC1=O. The maximum absolute atomic E-state index is 12.2. The standard InChI is InChI=1S/C13H15N5O2/c1-7-5-9(8(14)6-10(7)19)16-11-12(15)17-3-2-4-18(17)13(11)20/h5,14H,2-4,6,15H2,1H3. The van der Waals surface area contributed by atoms with Gasteiger partial charge < -0.3 is 11.1 Å². The quantitative estimate of drug-likeness (QED) is 0.784. The lowest BCUT2D eigenvalue weighted by atomic mass is 9.96. The minimum atomic E-state index is -0.233. The van der Waals surface area contributed by atoms with Gasteiger partial charge in [0, 0.05) is 13.1 Å². The molecule has 0 aromatic carbocycles. The number of fused-ring (bicyclic) bond motifs is 1. The number of hydrogen-bond acceptors (Lipinski definition) is 5. The van der Waals surface area contributed by atoms with E-state index in [2.05, 4.69) is 4.99 Å². The van der Waals surface area contributed by atoms with Crippen LogP contribution in [-0.2, 0) is 17.9 Å². The molecule has 0 unspecified atom stereocenters. The molecule has 104 valence electrons. The number of nitrogens with two attached hydrogens (primary N) is 1. The molecule has 3 N–H and O–H groups in total. The van der Waals surface area contributed by atoms with E-state index in [1.165, 1.54) is 0 Å². The summed E-state index contributed by atoms with van der Waals surface area (Å²) in [6.45, 7) is 3.02. The summed E-state index contributed by atoms with van der Waals surface area (Å²) in [6, 6.07) is 0. The molecule has 7 heteroatoms. The summed E-state index contributed by atoms with van der Waals surface area (Å²) in [5.74, 6) is 0.244. The van der Waals surface area contributed by atoms with E-state index in [0.717, 1.165) is 6.42 Å². The third kappa shape index (κ3) is 1.74. The number of Topliss-reactive ketones (excluding diaryl/α,β-unsaturated/α-hetero) is 1. The molecule has 0 amide bonds. The first-order chi connectivity index (χ1) is 9.49. The molecule has 7 nitrogen and oxygen atoms in total. The van der Waals surface area contributed by atoms with E-state index in [0.29, 0.717) is 30.2 Å². The Morgan fingerprint density at radius 1 is 1.30 bits per heavy atom. The Kier molecular flexibility index (Phi) is 2.70. The third-order valence-electron chi connectivity index (χ3n) is 3.66. The highest BCUT2D eigenvalue weighted by atomic mass is 16.1. The molecular formula is C13H15N5O2. The Labute approximate surface area is 114 Å². The number of nitrogen functional groups attached to an aromatic ring is 1. The average molecular weight is 273 g/mol. The minimum absolute atomic E-state index is 0.0238. The summed E-state index contributed by atoms with van der Waals surface area (Å²) in [6.07, 6.45) is 2.45. The number of aromatic nitrogens is 2. The highest BCUT2D eigenvalue weighted by Gasteiger charge is 2.24. The number of allylic oxidation sites excluding steroid dienone is 2. The smallest absolute Gasteiger partial charge is 0.294 e. The summed E-state index contributed by atoms with van der Waals surface area (Å²) >= 11 is 0. The Balaban J connectivity index is 2.12. The second kappa shape index (κ2) is 4.29. The van der Waals surface area contributed by atoms with Gasteiger partial charge >= 0.3 is 0 Å². The number of ketones is 1. The van der Waals surface area contributed by atoms with Crippen LogP contribution in [0.2, 0.25) is 0 Å².